The lowest BCUT2D eigenvalue weighted by molar-refractivity contribution is -0.158. The van der Waals surface area contributed by atoms with E-state index in [2.05, 4.69) is 11.1 Å². The molecule has 2 aliphatic heterocycles. The largest absolute Gasteiger partial charge is 0.493 e. The maximum atomic E-state index is 13.5. The molecule has 1 N–H and O–H groups in total. The Labute approximate surface area is 199 Å². The molecule has 178 valence electrons. The molecule has 1 fully saturated rings. The zero-order chi connectivity index (χ0) is 24.0. The number of ether oxygens (including phenoxy) is 2. The summed E-state index contributed by atoms with van der Waals surface area (Å²) < 4.78 is 11.6. The van der Waals surface area contributed by atoms with Crippen molar-refractivity contribution in [1.29, 1.82) is 0 Å². The minimum Gasteiger partial charge on any atom is -0.493 e. The number of amides is 2. The minimum absolute atomic E-state index is 0.00459. The fraction of sp³-hybridized carbons (Fsp3) is 0.407. The third-order valence-electron chi connectivity index (χ3n) is 6.70. The van der Waals surface area contributed by atoms with Gasteiger partial charge < -0.3 is 24.3 Å². The number of hydrogen-bond acceptors (Lipinski definition) is 4. The number of nitrogens with zero attached hydrogens (tertiary/aromatic N) is 2. The maximum Gasteiger partial charge on any atom is 0.246 e. The molecule has 7 nitrogen and oxygen atoms in total. The van der Waals surface area contributed by atoms with Crippen molar-refractivity contribution in [3.8, 4) is 11.5 Å². The fourth-order valence-corrected chi connectivity index (χ4v) is 5.33. The molecule has 1 aromatic heterocycles. The van der Waals surface area contributed by atoms with E-state index in [0.29, 0.717) is 24.5 Å². The molecule has 0 saturated carbocycles. The molecule has 0 radical (unpaired) electrons. The Morgan fingerprint density at radius 3 is 2.65 bits per heavy atom. The summed E-state index contributed by atoms with van der Waals surface area (Å²) in [5.74, 6) is 1.25. The first-order chi connectivity index (χ1) is 16.4. The first-order valence-electron chi connectivity index (χ1n) is 12.0. The second-order valence-corrected chi connectivity index (χ2v) is 9.32. The Morgan fingerprint density at radius 2 is 1.91 bits per heavy atom. The quantitative estimate of drug-likeness (QED) is 0.601. The highest BCUT2D eigenvalue weighted by atomic mass is 16.5. The van der Waals surface area contributed by atoms with E-state index in [9.17, 15) is 9.59 Å². The van der Waals surface area contributed by atoms with Gasteiger partial charge in [-0.25, -0.2) is 0 Å². The molecule has 0 bridgehead atoms. The third-order valence-corrected chi connectivity index (χ3v) is 6.70. The van der Waals surface area contributed by atoms with Crippen molar-refractivity contribution >= 4 is 22.7 Å². The predicted octanol–water partition coefficient (Wildman–Crippen LogP) is 4.06. The summed E-state index contributed by atoms with van der Waals surface area (Å²) in [5, 5.41) is 1.10. The lowest BCUT2D eigenvalue weighted by Crippen LogP contribution is -2.63. The summed E-state index contributed by atoms with van der Waals surface area (Å²) in [4.78, 5) is 34.1. The zero-order valence-electron chi connectivity index (χ0n) is 20.1. The van der Waals surface area contributed by atoms with Crippen molar-refractivity contribution in [3.63, 3.8) is 0 Å². The van der Waals surface area contributed by atoms with Crippen LogP contribution >= 0.6 is 0 Å². The van der Waals surface area contributed by atoms with Crippen LogP contribution in [0.5, 0.6) is 11.5 Å². The number of hydrogen-bond donors (Lipinski definition) is 1. The van der Waals surface area contributed by atoms with E-state index in [-0.39, 0.29) is 24.5 Å². The first kappa shape index (κ1) is 22.3. The topological polar surface area (TPSA) is 74.9 Å². The van der Waals surface area contributed by atoms with E-state index in [1.54, 1.807) is 16.9 Å². The van der Waals surface area contributed by atoms with Gasteiger partial charge in [0.2, 0.25) is 11.8 Å². The van der Waals surface area contributed by atoms with E-state index in [4.69, 9.17) is 9.47 Å². The normalized spacial score (nSPS) is 20.0. The van der Waals surface area contributed by atoms with Gasteiger partial charge in [0.1, 0.15) is 6.04 Å². The molecule has 7 heteroatoms. The van der Waals surface area contributed by atoms with Gasteiger partial charge in [0.15, 0.2) is 11.5 Å². The highest BCUT2D eigenvalue weighted by Gasteiger charge is 2.48. The van der Waals surface area contributed by atoms with Crippen LogP contribution in [0.4, 0.5) is 0 Å². The van der Waals surface area contributed by atoms with Gasteiger partial charge in [-0.1, -0.05) is 31.2 Å². The molecule has 5 rings (SSSR count). The summed E-state index contributed by atoms with van der Waals surface area (Å²) >= 11 is 0. The van der Waals surface area contributed by atoms with E-state index in [1.165, 1.54) is 0 Å². The van der Waals surface area contributed by atoms with Gasteiger partial charge in [0.05, 0.1) is 25.8 Å². The van der Waals surface area contributed by atoms with Crippen LogP contribution in [0.15, 0.2) is 42.5 Å². The van der Waals surface area contributed by atoms with Gasteiger partial charge in [0, 0.05) is 29.6 Å². The summed E-state index contributed by atoms with van der Waals surface area (Å²) in [6.07, 6.45) is 1.33. The molecule has 3 heterocycles. The molecule has 0 aliphatic carbocycles. The molecule has 2 amide bonds. The van der Waals surface area contributed by atoms with Crippen LogP contribution in [0, 0.1) is 0 Å². The van der Waals surface area contributed by atoms with Crippen molar-refractivity contribution in [2.75, 3.05) is 20.2 Å². The van der Waals surface area contributed by atoms with Crippen molar-refractivity contribution in [3.05, 3.63) is 59.3 Å². The molecular weight excluding hydrogens is 430 g/mol. The molecule has 2 aromatic carbocycles. The first-order valence-corrected chi connectivity index (χ1v) is 12.0. The number of carbonyl (C=O) groups is 2. The highest BCUT2D eigenvalue weighted by Crippen LogP contribution is 2.44. The Kier molecular flexibility index (Phi) is 5.71. The molecular formula is C27H31N3O4. The SMILES string of the molecule is CCCN1CC(=O)N2C(c3ccc(OC(C)C)c(OC)c3)c3[nH]c4ccccc4c3C[C@H]2C1=O. The summed E-state index contributed by atoms with van der Waals surface area (Å²) in [6.45, 7) is 6.67. The number of aromatic nitrogens is 1. The third kappa shape index (κ3) is 3.59. The summed E-state index contributed by atoms with van der Waals surface area (Å²) in [7, 11) is 1.61. The van der Waals surface area contributed by atoms with Gasteiger partial charge >= 0.3 is 0 Å². The summed E-state index contributed by atoms with van der Waals surface area (Å²) in [5.41, 5.74) is 3.95. The van der Waals surface area contributed by atoms with Crippen LogP contribution in [0.1, 0.15) is 50.1 Å². The Bertz CT molecular complexity index is 1250. The minimum atomic E-state index is -0.526. The van der Waals surface area contributed by atoms with Crippen LogP contribution in [-0.4, -0.2) is 58.9 Å². The van der Waals surface area contributed by atoms with Gasteiger partial charge in [0.25, 0.3) is 0 Å². The average molecular weight is 462 g/mol. The number of para-hydroxylation sites is 1. The molecule has 1 unspecified atom stereocenters. The number of aromatic amines is 1. The van der Waals surface area contributed by atoms with Gasteiger partial charge in [-0.05, 0) is 49.6 Å². The lowest BCUT2D eigenvalue weighted by atomic mass is 9.86. The standard InChI is InChI=1S/C27H31N3O4/c1-5-12-29-15-24(31)30-21(27(29)32)14-19-18-8-6-7-9-20(18)28-25(19)26(30)17-10-11-22(34-16(2)3)23(13-17)33-4/h6-11,13,16,21,26,28H,5,12,14-15H2,1-4H3/t21-,26?/m0/s1. The van der Waals surface area contributed by atoms with Gasteiger partial charge in [-0.2, -0.15) is 0 Å². The van der Waals surface area contributed by atoms with Crippen LogP contribution in [-0.2, 0) is 16.0 Å². The lowest BCUT2D eigenvalue weighted by Gasteiger charge is -2.47. The molecule has 2 aliphatic rings. The van der Waals surface area contributed by atoms with E-state index in [1.807, 2.05) is 57.2 Å². The Balaban J connectivity index is 1.67. The maximum absolute atomic E-state index is 13.5. The van der Waals surface area contributed by atoms with Crippen LogP contribution in [0.2, 0.25) is 0 Å². The monoisotopic (exact) mass is 461 g/mol. The fourth-order valence-electron chi connectivity index (χ4n) is 5.33. The molecule has 34 heavy (non-hydrogen) atoms. The second kappa shape index (κ2) is 8.70. The molecule has 1 saturated heterocycles. The van der Waals surface area contributed by atoms with Crippen molar-refractivity contribution in [2.45, 2.75) is 51.8 Å². The number of fused-ring (bicyclic) bond motifs is 4. The number of methoxy groups -OCH3 is 1. The predicted molar refractivity (Wildman–Crippen MR) is 130 cm³/mol. The Morgan fingerprint density at radius 1 is 1.12 bits per heavy atom. The molecule has 0 spiro atoms. The van der Waals surface area contributed by atoms with Crippen LogP contribution < -0.4 is 9.47 Å². The van der Waals surface area contributed by atoms with Gasteiger partial charge in [-0.15, -0.1) is 0 Å². The average Bonchev–Trinajstić information content (AvgIpc) is 3.19. The number of piperazine rings is 1. The van der Waals surface area contributed by atoms with Crippen molar-refractivity contribution in [1.82, 2.24) is 14.8 Å². The highest BCUT2D eigenvalue weighted by molar-refractivity contribution is 5.97. The van der Waals surface area contributed by atoms with Crippen molar-refractivity contribution < 1.29 is 19.1 Å². The number of H-pyrrole nitrogens is 1. The van der Waals surface area contributed by atoms with E-state index < -0.39 is 12.1 Å². The van der Waals surface area contributed by atoms with E-state index >= 15 is 0 Å². The second-order valence-electron chi connectivity index (χ2n) is 9.32. The Hall–Kier alpha value is -3.48. The summed E-state index contributed by atoms with van der Waals surface area (Å²) in [6, 6.07) is 13.0. The van der Waals surface area contributed by atoms with Gasteiger partial charge in [-0.3, -0.25) is 9.59 Å². The zero-order valence-corrected chi connectivity index (χ0v) is 20.1. The van der Waals surface area contributed by atoms with Crippen LogP contribution in [0.25, 0.3) is 10.9 Å². The van der Waals surface area contributed by atoms with Crippen LogP contribution in [0.3, 0.4) is 0 Å². The van der Waals surface area contributed by atoms with E-state index in [0.717, 1.165) is 34.1 Å². The number of carbonyl (C=O) groups excluding carboxylic acids is 2. The van der Waals surface area contributed by atoms with Crippen molar-refractivity contribution in [2.24, 2.45) is 0 Å². The smallest absolute Gasteiger partial charge is 0.246 e. The molecule has 3 aromatic rings. The number of nitrogens with one attached hydrogen (secondary N) is 1. The number of rotatable bonds is 6. The number of benzene rings is 2. The molecule has 2 atom stereocenters.